The Morgan fingerprint density at radius 1 is 1.05 bits per heavy atom. The molecule has 0 aromatic rings. The molecule has 2 heterocycles. The second-order valence-corrected chi connectivity index (χ2v) is 6.02. The molecule has 0 N–H and O–H groups in total. The second-order valence-electron chi connectivity index (χ2n) is 6.02. The maximum absolute atomic E-state index is 12.6. The van der Waals surface area contributed by atoms with Crippen molar-refractivity contribution in [1.82, 2.24) is 9.80 Å². The minimum absolute atomic E-state index is 0.0263. The molecule has 0 aromatic carbocycles. The first-order valence-corrected chi connectivity index (χ1v) is 7.36. The van der Waals surface area contributed by atoms with Crippen LogP contribution in [0, 0.1) is 5.41 Å². The van der Waals surface area contributed by atoms with Gasteiger partial charge in [-0.25, -0.2) is 0 Å². The highest BCUT2D eigenvalue weighted by atomic mass is 16.5. The zero-order valence-electron chi connectivity index (χ0n) is 11.4. The third kappa shape index (κ3) is 2.41. The molecule has 0 atom stereocenters. The van der Waals surface area contributed by atoms with E-state index in [-0.39, 0.29) is 17.2 Å². The topological polar surface area (TPSA) is 49.9 Å². The number of rotatable bonds is 2. The predicted molar refractivity (Wildman–Crippen MR) is 69.2 cm³/mol. The SMILES string of the molecule is O=C1CC2(CCCCC2)C(=O)N1CN1CCOCC1. The summed E-state index contributed by atoms with van der Waals surface area (Å²) in [6, 6.07) is 0. The fourth-order valence-corrected chi connectivity index (χ4v) is 3.56. The third-order valence-electron chi connectivity index (χ3n) is 4.75. The maximum atomic E-state index is 12.6. The molecule has 5 nitrogen and oxygen atoms in total. The smallest absolute Gasteiger partial charge is 0.237 e. The van der Waals surface area contributed by atoms with Gasteiger partial charge in [0, 0.05) is 19.5 Å². The molecule has 0 aromatic heterocycles. The van der Waals surface area contributed by atoms with Gasteiger partial charge in [-0.1, -0.05) is 19.3 Å². The molecule has 1 saturated carbocycles. The molecular weight excluding hydrogens is 244 g/mol. The van der Waals surface area contributed by atoms with Crippen LogP contribution in [0.1, 0.15) is 38.5 Å². The van der Waals surface area contributed by atoms with Gasteiger partial charge in [0.2, 0.25) is 11.8 Å². The number of morpholine rings is 1. The fraction of sp³-hybridized carbons (Fsp3) is 0.857. The summed E-state index contributed by atoms with van der Waals surface area (Å²) in [6.45, 7) is 3.47. The number of hydrogen-bond donors (Lipinski definition) is 0. The fourth-order valence-electron chi connectivity index (χ4n) is 3.56. The van der Waals surface area contributed by atoms with Crippen molar-refractivity contribution in [3.8, 4) is 0 Å². The van der Waals surface area contributed by atoms with Gasteiger partial charge in [-0.05, 0) is 12.8 Å². The molecular formula is C14H22N2O3. The first kappa shape index (κ1) is 13.1. The molecule has 5 heteroatoms. The summed E-state index contributed by atoms with van der Waals surface area (Å²) in [7, 11) is 0. The molecule has 0 unspecified atom stereocenters. The minimum Gasteiger partial charge on any atom is -0.379 e. The van der Waals surface area contributed by atoms with Crippen molar-refractivity contribution in [2.75, 3.05) is 33.0 Å². The van der Waals surface area contributed by atoms with Gasteiger partial charge in [0.1, 0.15) is 0 Å². The Morgan fingerprint density at radius 2 is 1.74 bits per heavy atom. The Bertz CT molecular complexity index is 371. The first-order valence-electron chi connectivity index (χ1n) is 7.36. The Hall–Kier alpha value is -0.940. The highest BCUT2D eigenvalue weighted by Crippen LogP contribution is 2.45. The van der Waals surface area contributed by atoms with Gasteiger partial charge in [0.05, 0.1) is 25.3 Å². The van der Waals surface area contributed by atoms with Crippen LogP contribution in [0.15, 0.2) is 0 Å². The van der Waals surface area contributed by atoms with E-state index in [0.29, 0.717) is 26.3 Å². The number of carbonyl (C=O) groups is 2. The van der Waals surface area contributed by atoms with Crippen LogP contribution in [-0.4, -0.2) is 54.6 Å². The average molecular weight is 266 g/mol. The van der Waals surface area contributed by atoms with Gasteiger partial charge in [-0.3, -0.25) is 19.4 Å². The quantitative estimate of drug-likeness (QED) is 0.699. The van der Waals surface area contributed by atoms with Crippen LogP contribution < -0.4 is 0 Å². The molecule has 3 rings (SSSR count). The van der Waals surface area contributed by atoms with Gasteiger partial charge in [-0.2, -0.15) is 0 Å². The highest BCUT2D eigenvalue weighted by Gasteiger charge is 2.51. The first-order chi connectivity index (χ1) is 9.21. The van der Waals surface area contributed by atoms with Crippen molar-refractivity contribution in [2.45, 2.75) is 38.5 Å². The van der Waals surface area contributed by atoms with Crippen molar-refractivity contribution in [3.63, 3.8) is 0 Å². The van der Waals surface area contributed by atoms with Crippen molar-refractivity contribution < 1.29 is 14.3 Å². The van der Waals surface area contributed by atoms with Gasteiger partial charge in [0.15, 0.2) is 0 Å². The van der Waals surface area contributed by atoms with Crippen molar-refractivity contribution in [3.05, 3.63) is 0 Å². The van der Waals surface area contributed by atoms with Gasteiger partial charge < -0.3 is 4.74 Å². The molecule has 3 aliphatic rings. The van der Waals surface area contributed by atoms with Gasteiger partial charge in [-0.15, -0.1) is 0 Å². The molecule has 2 aliphatic heterocycles. The van der Waals surface area contributed by atoms with E-state index < -0.39 is 0 Å². The molecule has 2 amide bonds. The Kier molecular flexibility index (Phi) is 3.58. The summed E-state index contributed by atoms with van der Waals surface area (Å²) in [5.41, 5.74) is -0.346. The molecule has 1 aliphatic carbocycles. The highest BCUT2D eigenvalue weighted by molar-refractivity contribution is 6.05. The number of ether oxygens (including phenoxy) is 1. The van der Waals surface area contributed by atoms with Crippen molar-refractivity contribution >= 4 is 11.8 Å². The Morgan fingerprint density at radius 3 is 2.42 bits per heavy atom. The van der Waals surface area contributed by atoms with Crippen molar-refractivity contribution in [1.29, 1.82) is 0 Å². The lowest BCUT2D eigenvalue weighted by atomic mass is 9.73. The Labute approximate surface area is 113 Å². The lowest BCUT2D eigenvalue weighted by molar-refractivity contribution is -0.145. The molecule has 0 radical (unpaired) electrons. The molecule has 1 spiro atoms. The van der Waals surface area contributed by atoms with E-state index in [1.807, 2.05) is 0 Å². The monoisotopic (exact) mass is 266 g/mol. The summed E-state index contributed by atoms with van der Waals surface area (Å²) < 4.78 is 5.30. The largest absolute Gasteiger partial charge is 0.379 e. The zero-order chi connectivity index (χ0) is 13.3. The van der Waals surface area contributed by atoms with E-state index >= 15 is 0 Å². The van der Waals surface area contributed by atoms with E-state index in [1.54, 1.807) is 0 Å². The number of amides is 2. The number of hydrogen-bond acceptors (Lipinski definition) is 4. The third-order valence-corrected chi connectivity index (χ3v) is 4.75. The van der Waals surface area contributed by atoms with Crippen LogP contribution in [0.2, 0.25) is 0 Å². The van der Waals surface area contributed by atoms with Crippen LogP contribution >= 0.6 is 0 Å². The summed E-state index contributed by atoms with van der Waals surface area (Å²) in [4.78, 5) is 28.4. The van der Waals surface area contributed by atoms with Crippen molar-refractivity contribution in [2.24, 2.45) is 5.41 Å². The number of nitrogens with zero attached hydrogens (tertiary/aromatic N) is 2. The van der Waals surface area contributed by atoms with Crippen LogP contribution in [0.25, 0.3) is 0 Å². The van der Waals surface area contributed by atoms with Crippen LogP contribution in [0.4, 0.5) is 0 Å². The zero-order valence-corrected chi connectivity index (χ0v) is 11.4. The lowest BCUT2D eigenvalue weighted by Gasteiger charge is -2.33. The average Bonchev–Trinajstić information content (AvgIpc) is 2.66. The lowest BCUT2D eigenvalue weighted by Crippen LogP contribution is -2.47. The van der Waals surface area contributed by atoms with Gasteiger partial charge >= 0.3 is 0 Å². The van der Waals surface area contributed by atoms with E-state index in [4.69, 9.17) is 4.74 Å². The minimum atomic E-state index is -0.346. The Balaban J connectivity index is 1.68. The van der Waals surface area contributed by atoms with Crippen LogP contribution in [-0.2, 0) is 14.3 Å². The predicted octanol–water partition coefficient (Wildman–Crippen LogP) is 0.986. The van der Waals surface area contributed by atoms with Gasteiger partial charge in [0.25, 0.3) is 0 Å². The number of carbonyl (C=O) groups excluding carboxylic acids is 2. The summed E-state index contributed by atoms with van der Waals surface area (Å²) >= 11 is 0. The number of imide groups is 1. The maximum Gasteiger partial charge on any atom is 0.237 e. The number of likely N-dealkylation sites (tertiary alicyclic amines) is 1. The molecule has 19 heavy (non-hydrogen) atoms. The summed E-state index contributed by atoms with van der Waals surface area (Å²) in [5, 5.41) is 0. The van der Waals surface area contributed by atoms with Crippen LogP contribution in [0.3, 0.4) is 0 Å². The summed E-state index contributed by atoms with van der Waals surface area (Å²) in [5.74, 6) is 0.113. The molecule has 2 saturated heterocycles. The molecule has 3 fully saturated rings. The molecule has 0 bridgehead atoms. The second kappa shape index (κ2) is 5.21. The van der Waals surface area contributed by atoms with E-state index in [9.17, 15) is 9.59 Å². The standard InChI is InChI=1S/C14H22N2O3/c17-12-10-14(4-2-1-3-5-14)13(18)16(12)11-15-6-8-19-9-7-15/h1-11H2. The van der Waals surface area contributed by atoms with E-state index in [0.717, 1.165) is 38.8 Å². The van der Waals surface area contributed by atoms with E-state index in [1.165, 1.54) is 11.3 Å². The molecule has 106 valence electrons. The normalized spacial score (nSPS) is 28.3. The summed E-state index contributed by atoms with van der Waals surface area (Å²) in [6.07, 6.45) is 5.62. The van der Waals surface area contributed by atoms with E-state index in [2.05, 4.69) is 4.90 Å². The van der Waals surface area contributed by atoms with Crippen LogP contribution in [0.5, 0.6) is 0 Å².